The molecule has 1 atom stereocenters. The molecule has 0 amide bonds. The van der Waals surface area contributed by atoms with Crippen molar-refractivity contribution in [1.29, 1.82) is 0 Å². The van der Waals surface area contributed by atoms with E-state index in [0.717, 1.165) is 28.8 Å². The standard InChI is InChI=1S/C17H19BrClNO/c1-3-20-16(9-12-7-5-4-6-8-12)14-10-13(19)11-15(18)17(14)21-2/h4-8,10-11,16,20H,3,9H2,1-2H3. The molecule has 0 aliphatic rings. The smallest absolute Gasteiger partial charge is 0.137 e. The van der Waals surface area contributed by atoms with Gasteiger partial charge >= 0.3 is 0 Å². The number of nitrogens with one attached hydrogen (secondary N) is 1. The average Bonchev–Trinajstić information content (AvgIpc) is 2.47. The minimum atomic E-state index is 0.155. The van der Waals surface area contributed by atoms with Crippen molar-refractivity contribution in [2.75, 3.05) is 13.7 Å². The van der Waals surface area contributed by atoms with Crippen molar-refractivity contribution in [1.82, 2.24) is 5.32 Å². The predicted octanol–water partition coefficient (Wildman–Crippen LogP) is 5.00. The highest BCUT2D eigenvalue weighted by Crippen LogP contribution is 2.37. The molecule has 0 radical (unpaired) electrons. The molecule has 0 fully saturated rings. The largest absolute Gasteiger partial charge is 0.495 e. The molecule has 21 heavy (non-hydrogen) atoms. The van der Waals surface area contributed by atoms with Crippen molar-refractivity contribution in [2.45, 2.75) is 19.4 Å². The second-order valence-corrected chi connectivity index (χ2v) is 6.10. The van der Waals surface area contributed by atoms with Gasteiger partial charge in [-0.05, 0) is 46.6 Å². The summed E-state index contributed by atoms with van der Waals surface area (Å²) < 4.78 is 6.43. The summed E-state index contributed by atoms with van der Waals surface area (Å²) in [6.07, 6.45) is 0.887. The number of ether oxygens (including phenoxy) is 1. The number of benzene rings is 2. The molecule has 0 aliphatic carbocycles. The molecule has 0 aromatic heterocycles. The van der Waals surface area contributed by atoms with Gasteiger partial charge in [0, 0.05) is 16.6 Å². The fourth-order valence-corrected chi connectivity index (χ4v) is 3.44. The zero-order valence-corrected chi connectivity index (χ0v) is 14.5. The highest BCUT2D eigenvalue weighted by molar-refractivity contribution is 9.10. The van der Waals surface area contributed by atoms with Gasteiger partial charge in [-0.1, -0.05) is 48.9 Å². The Morgan fingerprint density at radius 1 is 1.24 bits per heavy atom. The van der Waals surface area contributed by atoms with Crippen LogP contribution in [0.3, 0.4) is 0 Å². The van der Waals surface area contributed by atoms with Crippen LogP contribution in [0, 0.1) is 0 Å². The van der Waals surface area contributed by atoms with Crippen LogP contribution in [0.5, 0.6) is 5.75 Å². The monoisotopic (exact) mass is 367 g/mol. The summed E-state index contributed by atoms with van der Waals surface area (Å²) >= 11 is 9.74. The lowest BCUT2D eigenvalue weighted by atomic mass is 9.98. The van der Waals surface area contributed by atoms with Crippen molar-refractivity contribution in [2.24, 2.45) is 0 Å². The fourth-order valence-electron chi connectivity index (χ4n) is 2.44. The lowest BCUT2D eigenvalue weighted by Crippen LogP contribution is -2.23. The first-order valence-corrected chi connectivity index (χ1v) is 8.13. The van der Waals surface area contributed by atoms with E-state index in [9.17, 15) is 0 Å². The van der Waals surface area contributed by atoms with Crippen LogP contribution in [0.1, 0.15) is 24.1 Å². The van der Waals surface area contributed by atoms with Crippen LogP contribution < -0.4 is 10.1 Å². The van der Waals surface area contributed by atoms with Gasteiger partial charge in [-0.25, -0.2) is 0 Å². The molecule has 2 aromatic rings. The first kappa shape index (κ1) is 16.3. The van der Waals surface area contributed by atoms with Crippen molar-refractivity contribution >= 4 is 27.5 Å². The summed E-state index contributed by atoms with van der Waals surface area (Å²) in [7, 11) is 1.68. The van der Waals surface area contributed by atoms with Gasteiger partial charge < -0.3 is 10.1 Å². The summed E-state index contributed by atoms with van der Waals surface area (Å²) in [5, 5.41) is 4.22. The van der Waals surface area contributed by atoms with E-state index < -0.39 is 0 Å². The van der Waals surface area contributed by atoms with Gasteiger partial charge in [0.25, 0.3) is 0 Å². The summed E-state index contributed by atoms with van der Waals surface area (Å²) in [5.41, 5.74) is 2.35. The maximum atomic E-state index is 6.21. The normalized spacial score (nSPS) is 12.2. The third-order valence-corrected chi connectivity index (χ3v) is 4.16. The van der Waals surface area contributed by atoms with Crippen LogP contribution in [0.25, 0.3) is 0 Å². The lowest BCUT2D eigenvalue weighted by Gasteiger charge is -2.22. The second-order valence-electron chi connectivity index (χ2n) is 4.81. The van der Waals surface area contributed by atoms with Gasteiger partial charge in [-0.2, -0.15) is 0 Å². The van der Waals surface area contributed by atoms with Crippen LogP contribution >= 0.6 is 27.5 Å². The minimum absolute atomic E-state index is 0.155. The molecule has 0 saturated carbocycles. The topological polar surface area (TPSA) is 21.3 Å². The third kappa shape index (κ3) is 4.22. The van der Waals surface area contributed by atoms with Gasteiger partial charge in [0.05, 0.1) is 11.6 Å². The maximum Gasteiger partial charge on any atom is 0.137 e. The number of methoxy groups -OCH3 is 1. The van der Waals surface area contributed by atoms with Crippen molar-refractivity contribution in [3.63, 3.8) is 0 Å². The van der Waals surface area contributed by atoms with Gasteiger partial charge in [0.1, 0.15) is 5.75 Å². The molecule has 0 spiro atoms. The van der Waals surface area contributed by atoms with E-state index in [1.165, 1.54) is 5.56 Å². The molecular weight excluding hydrogens is 350 g/mol. The van der Waals surface area contributed by atoms with Crippen LogP contribution in [-0.2, 0) is 6.42 Å². The van der Waals surface area contributed by atoms with Crippen LogP contribution in [0.15, 0.2) is 46.9 Å². The predicted molar refractivity (Wildman–Crippen MR) is 92.3 cm³/mol. The number of halogens is 2. The van der Waals surface area contributed by atoms with E-state index in [0.29, 0.717) is 5.02 Å². The Bertz CT molecular complexity index is 589. The highest BCUT2D eigenvalue weighted by Gasteiger charge is 2.19. The zero-order valence-electron chi connectivity index (χ0n) is 12.2. The summed E-state index contributed by atoms with van der Waals surface area (Å²) in [4.78, 5) is 0. The van der Waals surface area contributed by atoms with Crippen LogP contribution in [0.2, 0.25) is 5.02 Å². The molecule has 4 heteroatoms. The van der Waals surface area contributed by atoms with E-state index in [1.807, 2.05) is 18.2 Å². The first-order chi connectivity index (χ1) is 10.2. The lowest BCUT2D eigenvalue weighted by molar-refractivity contribution is 0.396. The summed E-state index contributed by atoms with van der Waals surface area (Å²) in [6, 6.07) is 14.4. The van der Waals surface area contributed by atoms with E-state index in [1.54, 1.807) is 7.11 Å². The molecule has 2 rings (SSSR count). The highest BCUT2D eigenvalue weighted by atomic mass is 79.9. The molecule has 0 bridgehead atoms. The first-order valence-electron chi connectivity index (χ1n) is 6.96. The van der Waals surface area contributed by atoms with Gasteiger partial charge in [-0.3, -0.25) is 0 Å². The van der Waals surface area contributed by atoms with Crippen molar-refractivity contribution in [3.05, 3.63) is 63.1 Å². The molecule has 0 saturated heterocycles. The zero-order chi connectivity index (χ0) is 15.2. The Morgan fingerprint density at radius 2 is 1.95 bits per heavy atom. The average molecular weight is 369 g/mol. The Hall–Kier alpha value is -1.03. The molecule has 2 nitrogen and oxygen atoms in total. The SMILES string of the molecule is CCNC(Cc1ccccc1)c1cc(Cl)cc(Br)c1OC. The fraction of sp³-hybridized carbons (Fsp3) is 0.294. The Labute approximate surface area is 139 Å². The maximum absolute atomic E-state index is 6.21. The molecule has 1 unspecified atom stereocenters. The molecule has 112 valence electrons. The number of rotatable bonds is 6. The summed E-state index contributed by atoms with van der Waals surface area (Å²) in [5.74, 6) is 0.835. The van der Waals surface area contributed by atoms with E-state index >= 15 is 0 Å². The summed E-state index contributed by atoms with van der Waals surface area (Å²) in [6.45, 7) is 2.98. The van der Waals surface area contributed by atoms with Crippen LogP contribution in [-0.4, -0.2) is 13.7 Å². The Morgan fingerprint density at radius 3 is 2.57 bits per heavy atom. The van der Waals surface area contributed by atoms with E-state index in [4.69, 9.17) is 16.3 Å². The van der Waals surface area contributed by atoms with Crippen molar-refractivity contribution in [3.8, 4) is 5.75 Å². The third-order valence-electron chi connectivity index (χ3n) is 3.35. The van der Waals surface area contributed by atoms with Gasteiger partial charge in [-0.15, -0.1) is 0 Å². The van der Waals surface area contributed by atoms with Crippen LogP contribution in [0.4, 0.5) is 0 Å². The molecule has 2 aromatic carbocycles. The quantitative estimate of drug-likeness (QED) is 0.774. The van der Waals surface area contributed by atoms with Crippen molar-refractivity contribution < 1.29 is 4.74 Å². The second kappa shape index (κ2) is 7.83. The number of hydrogen-bond acceptors (Lipinski definition) is 2. The molecule has 0 heterocycles. The molecule has 1 N–H and O–H groups in total. The Balaban J connectivity index is 2.38. The Kier molecular flexibility index (Phi) is 6.09. The molecular formula is C17H19BrClNO. The minimum Gasteiger partial charge on any atom is -0.495 e. The number of hydrogen-bond donors (Lipinski definition) is 1. The van der Waals surface area contributed by atoms with E-state index in [-0.39, 0.29) is 6.04 Å². The van der Waals surface area contributed by atoms with Gasteiger partial charge in [0.15, 0.2) is 0 Å². The van der Waals surface area contributed by atoms with Gasteiger partial charge in [0.2, 0.25) is 0 Å². The number of likely N-dealkylation sites (N-methyl/N-ethyl adjacent to an activating group) is 1. The van der Waals surface area contributed by atoms with E-state index in [2.05, 4.69) is 52.4 Å². The molecule has 0 aliphatic heterocycles.